The molecule has 8 nitrogen and oxygen atoms in total. The number of fused-ring (bicyclic) bond motifs is 3. The van der Waals surface area contributed by atoms with E-state index in [2.05, 4.69) is 30.5 Å². The van der Waals surface area contributed by atoms with Crippen molar-refractivity contribution in [3.8, 4) is 17.2 Å². The second kappa shape index (κ2) is 11.3. The van der Waals surface area contributed by atoms with Crippen LogP contribution >= 0.6 is 0 Å². The number of benzene rings is 2. The molecule has 0 fully saturated rings. The van der Waals surface area contributed by atoms with Gasteiger partial charge in [-0.25, -0.2) is 10.6 Å². The van der Waals surface area contributed by atoms with Crippen molar-refractivity contribution < 1.29 is 23.8 Å². The highest BCUT2D eigenvalue weighted by Crippen LogP contribution is 2.43. The minimum absolute atomic E-state index is 0.122. The van der Waals surface area contributed by atoms with Gasteiger partial charge in [-0.3, -0.25) is 9.80 Å². The number of likely N-dealkylation sites (N-methyl/N-ethyl adjacent to an activating group) is 1. The lowest BCUT2D eigenvalue weighted by Gasteiger charge is -2.26. The molecule has 1 aliphatic rings. The summed E-state index contributed by atoms with van der Waals surface area (Å²) in [6.45, 7) is 6.45. The van der Waals surface area contributed by atoms with Crippen molar-refractivity contribution >= 4 is 22.8 Å². The maximum absolute atomic E-state index is 13.2. The largest absolute Gasteiger partial charge is 0.497 e. The van der Waals surface area contributed by atoms with Gasteiger partial charge in [0.2, 0.25) is 5.91 Å². The topological polar surface area (TPSA) is 96.0 Å². The molecule has 0 bridgehead atoms. The minimum atomic E-state index is -0.406. The number of aromatic nitrogens is 1. The Bertz CT molecular complexity index is 1290. The van der Waals surface area contributed by atoms with Gasteiger partial charge in [-0.05, 0) is 73.1 Å². The highest BCUT2D eigenvalue weighted by Gasteiger charge is 2.34. The number of methoxy groups -OCH3 is 1. The Morgan fingerprint density at radius 2 is 1.95 bits per heavy atom. The molecule has 3 aromatic rings. The molecule has 1 amide bonds. The van der Waals surface area contributed by atoms with E-state index in [9.17, 15) is 9.59 Å². The molecule has 8 heteroatoms. The van der Waals surface area contributed by atoms with Gasteiger partial charge in [0, 0.05) is 29.9 Å². The Balaban J connectivity index is 1.88. The Labute approximate surface area is 218 Å². The molecule has 0 saturated carbocycles. The van der Waals surface area contributed by atoms with E-state index in [4.69, 9.17) is 20.1 Å². The summed E-state index contributed by atoms with van der Waals surface area (Å²) in [5, 5.41) is 2.10. The fourth-order valence-electron chi connectivity index (χ4n) is 5.06. The number of carbonyl (C=O) groups is 2. The first kappa shape index (κ1) is 26.5. The molecule has 1 heterocycles. The smallest absolute Gasteiger partial charge is 0.344 e. The quantitative estimate of drug-likeness (QED) is 0.193. The minimum Gasteiger partial charge on any atom is -0.497 e. The molecule has 0 saturated heterocycles. The van der Waals surface area contributed by atoms with Crippen LogP contribution in [-0.4, -0.2) is 48.8 Å². The molecule has 0 spiro atoms. The molecular weight excluding hydrogens is 470 g/mol. The molecule has 0 radical (unpaired) electrons. The first-order valence-electron chi connectivity index (χ1n) is 12.9. The third kappa shape index (κ3) is 5.44. The molecule has 0 aliphatic heterocycles. The molecule has 2 N–H and O–H groups in total. The maximum atomic E-state index is 13.2. The first-order chi connectivity index (χ1) is 17.7. The van der Waals surface area contributed by atoms with Crippen LogP contribution in [0.25, 0.3) is 16.6 Å². The summed E-state index contributed by atoms with van der Waals surface area (Å²) >= 11 is 0. The summed E-state index contributed by atoms with van der Waals surface area (Å²) < 4.78 is 18.8. The highest BCUT2D eigenvalue weighted by atomic mass is 16.6. The second-order valence-electron chi connectivity index (χ2n) is 9.90. The number of nitrogens with zero attached hydrogens (tertiary/aromatic N) is 2. The van der Waals surface area contributed by atoms with Crippen LogP contribution in [0.1, 0.15) is 68.7 Å². The molecule has 198 valence electrons. The van der Waals surface area contributed by atoms with Crippen LogP contribution in [0.2, 0.25) is 0 Å². The van der Waals surface area contributed by atoms with E-state index in [0.29, 0.717) is 18.3 Å². The van der Waals surface area contributed by atoms with E-state index in [1.165, 1.54) is 10.6 Å². The average molecular weight is 508 g/mol. The predicted octanol–water partition coefficient (Wildman–Crippen LogP) is 4.85. The van der Waals surface area contributed by atoms with Crippen molar-refractivity contribution in [2.75, 3.05) is 27.4 Å². The summed E-state index contributed by atoms with van der Waals surface area (Å²) in [5.41, 5.74) is 5.18. The van der Waals surface area contributed by atoms with Crippen molar-refractivity contribution in [3.63, 3.8) is 0 Å². The number of hydrazine groups is 1. The van der Waals surface area contributed by atoms with Gasteiger partial charge in [-0.2, -0.15) is 0 Å². The molecule has 4 rings (SSSR count). The van der Waals surface area contributed by atoms with E-state index in [0.717, 1.165) is 59.3 Å². The van der Waals surface area contributed by atoms with Gasteiger partial charge in [0.05, 0.1) is 25.2 Å². The van der Waals surface area contributed by atoms with Crippen LogP contribution in [-0.2, 0) is 20.7 Å². The number of esters is 1. The van der Waals surface area contributed by atoms with Crippen molar-refractivity contribution in [1.82, 2.24) is 9.58 Å². The predicted molar refractivity (Wildman–Crippen MR) is 143 cm³/mol. The molecule has 2 aromatic carbocycles. The third-order valence-corrected chi connectivity index (χ3v) is 6.88. The number of nitrogens with two attached hydrogens (primary N) is 1. The van der Waals surface area contributed by atoms with Gasteiger partial charge in [0.15, 0.2) is 6.61 Å². The van der Waals surface area contributed by atoms with Crippen LogP contribution in [0, 0.1) is 0 Å². The average Bonchev–Trinajstić information content (AvgIpc) is 3.23. The van der Waals surface area contributed by atoms with E-state index < -0.39 is 5.97 Å². The van der Waals surface area contributed by atoms with Crippen molar-refractivity contribution in [2.24, 2.45) is 5.84 Å². The fraction of sp³-hybridized carbons (Fsp3) is 0.448. The van der Waals surface area contributed by atoms with Crippen LogP contribution in [0.4, 0.5) is 0 Å². The second-order valence-corrected chi connectivity index (χ2v) is 9.90. The SMILES string of the molecule is CCCOC(=O)COc1ccc2c(c1)c1c(n2-c2cc(OC)cc(C(C)C)c2)CCCC1C(=O)N(C)N. The lowest BCUT2D eigenvalue weighted by atomic mass is 9.84. The molecule has 1 aromatic heterocycles. The van der Waals surface area contributed by atoms with Crippen LogP contribution in [0.15, 0.2) is 36.4 Å². The zero-order valence-corrected chi connectivity index (χ0v) is 22.4. The summed E-state index contributed by atoms with van der Waals surface area (Å²) in [6, 6.07) is 12.0. The zero-order valence-electron chi connectivity index (χ0n) is 22.4. The van der Waals surface area contributed by atoms with E-state index in [1.54, 1.807) is 14.2 Å². The normalized spacial score (nSPS) is 14.9. The Morgan fingerprint density at radius 3 is 2.62 bits per heavy atom. The van der Waals surface area contributed by atoms with Gasteiger partial charge in [0.1, 0.15) is 11.5 Å². The lowest BCUT2D eigenvalue weighted by Crippen LogP contribution is -2.38. The van der Waals surface area contributed by atoms with Gasteiger partial charge in [-0.1, -0.05) is 20.8 Å². The number of carbonyl (C=O) groups excluding carboxylic acids is 2. The van der Waals surface area contributed by atoms with Crippen LogP contribution in [0.5, 0.6) is 11.5 Å². The Kier molecular flexibility index (Phi) is 8.07. The monoisotopic (exact) mass is 507 g/mol. The summed E-state index contributed by atoms with van der Waals surface area (Å²) in [6.07, 6.45) is 3.18. The van der Waals surface area contributed by atoms with Gasteiger partial charge < -0.3 is 18.8 Å². The fourth-order valence-corrected chi connectivity index (χ4v) is 5.06. The maximum Gasteiger partial charge on any atom is 0.344 e. The number of amides is 1. The van der Waals surface area contributed by atoms with Crippen molar-refractivity contribution in [3.05, 3.63) is 53.2 Å². The van der Waals surface area contributed by atoms with E-state index >= 15 is 0 Å². The molecular formula is C29H37N3O5. The highest BCUT2D eigenvalue weighted by molar-refractivity contribution is 5.95. The van der Waals surface area contributed by atoms with Crippen LogP contribution < -0.4 is 15.3 Å². The summed E-state index contributed by atoms with van der Waals surface area (Å²) in [4.78, 5) is 25.2. The molecule has 37 heavy (non-hydrogen) atoms. The number of hydrogen-bond donors (Lipinski definition) is 1. The van der Waals surface area contributed by atoms with Crippen LogP contribution in [0.3, 0.4) is 0 Å². The zero-order chi connectivity index (χ0) is 26.7. The number of ether oxygens (including phenoxy) is 3. The molecule has 1 atom stereocenters. The van der Waals surface area contributed by atoms with Gasteiger partial charge in [-0.15, -0.1) is 0 Å². The first-order valence-corrected chi connectivity index (χ1v) is 12.9. The Hall–Kier alpha value is -3.52. The van der Waals surface area contributed by atoms with E-state index in [-0.39, 0.29) is 18.4 Å². The summed E-state index contributed by atoms with van der Waals surface area (Å²) in [7, 11) is 3.26. The number of rotatable bonds is 9. The standard InChI is InChI=1S/C29H37N3O5/c1-6-12-36-27(33)17-37-21-10-11-25-24(16-21)28-23(29(34)31(4)30)8-7-9-26(28)32(25)20-13-19(18(2)3)14-22(15-20)35-5/h10-11,13-16,18,23H,6-9,12,17,30H2,1-5H3. The van der Waals surface area contributed by atoms with Crippen molar-refractivity contribution in [2.45, 2.75) is 58.3 Å². The van der Waals surface area contributed by atoms with Gasteiger partial charge in [0.25, 0.3) is 0 Å². The van der Waals surface area contributed by atoms with Gasteiger partial charge >= 0.3 is 5.97 Å². The van der Waals surface area contributed by atoms with E-state index in [1.807, 2.05) is 31.2 Å². The number of hydrogen-bond acceptors (Lipinski definition) is 6. The van der Waals surface area contributed by atoms with Crippen molar-refractivity contribution in [1.29, 1.82) is 0 Å². The Morgan fingerprint density at radius 1 is 1.16 bits per heavy atom. The molecule has 1 aliphatic carbocycles. The summed E-state index contributed by atoms with van der Waals surface area (Å²) in [5.74, 6) is 6.68. The lowest BCUT2D eigenvalue weighted by molar-refractivity contribution is -0.146. The third-order valence-electron chi connectivity index (χ3n) is 6.88. The molecule has 1 unspecified atom stereocenters.